The van der Waals surface area contributed by atoms with Crippen molar-refractivity contribution < 1.29 is 4.79 Å². The molecular formula is C14H14N6OS. The molecule has 0 spiro atoms. The zero-order chi connectivity index (χ0) is 15.1. The summed E-state index contributed by atoms with van der Waals surface area (Å²) in [5, 5.41) is 5.34. The number of hydrogen-bond acceptors (Lipinski definition) is 6. The number of fused-ring (bicyclic) bond motifs is 1. The number of nitrogens with zero attached hydrogens (tertiary/aromatic N) is 5. The fraction of sp³-hybridized carbons (Fsp3) is 0.286. The van der Waals surface area contributed by atoms with Crippen LogP contribution in [0.1, 0.15) is 12.8 Å². The second kappa shape index (κ2) is 5.06. The lowest BCUT2D eigenvalue weighted by Gasteiger charge is -2.20. The van der Waals surface area contributed by atoms with Crippen molar-refractivity contribution in [2.24, 2.45) is 5.73 Å². The number of amides is 1. The van der Waals surface area contributed by atoms with Gasteiger partial charge in [-0.3, -0.25) is 9.78 Å². The van der Waals surface area contributed by atoms with Gasteiger partial charge >= 0.3 is 0 Å². The van der Waals surface area contributed by atoms with Gasteiger partial charge in [-0.05, 0) is 25.0 Å². The van der Waals surface area contributed by atoms with Crippen molar-refractivity contribution >= 4 is 27.3 Å². The minimum absolute atomic E-state index is 0.256. The molecule has 1 aliphatic heterocycles. The van der Waals surface area contributed by atoms with Gasteiger partial charge in [0.2, 0.25) is 16.0 Å². The van der Waals surface area contributed by atoms with Crippen LogP contribution >= 0.6 is 11.3 Å². The first kappa shape index (κ1) is 13.2. The molecule has 0 aromatic carbocycles. The van der Waals surface area contributed by atoms with Crippen LogP contribution in [0.15, 0.2) is 30.7 Å². The average molecular weight is 314 g/mol. The summed E-state index contributed by atoms with van der Waals surface area (Å²) in [6, 6.07) is 3.58. The summed E-state index contributed by atoms with van der Waals surface area (Å²) in [4.78, 5) is 23.0. The minimum Gasteiger partial charge on any atom is -0.368 e. The maximum Gasteiger partial charge on any atom is 0.240 e. The lowest BCUT2D eigenvalue weighted by Crippen LogP contribution is -2.40. The van der Waals surface area contributed by atoms with Crippen LogP contribution in [0.2, 0.25) is 0 Å². The molecule has 1 unspecified atom stereocenters. The van der Waals surface area contributed by atoms with Crippen LogP contribution in [0.3, 0.4) is 0 Å². The first-order chi connectivity index (χ1) is 10.7. The van der Waals surface area contributed by atoms with E-state index >= 15 is 0 Å². The molecule has 0 saturated carbocycles. The number of carbonyl (C=O) groups excluding carboxylic acids is 1. The van der Waals surface area contributed by atoms with Crippen LogP contribution in [-0.4, -0.2) is 38.1 Å². The van der Waals surface area contributed by atoms with E-state index in [1.807, 2.05) is 23.2 Å². The standard InChI is InChI=1S/C14H14N6OS/c15-12(21)11-4-2-6-19(11)14-18-20-8-10(17-13(20)22-14)9-3-1-5-16-7-9/h1,3,5,7-8,11H,2,4,6H2,(H2,15,21). The summed E-state index contributed by atoms with van der Waals surface area (Å²) in [6.07, 6.45) is 7.13. The van der Waals surface area contributed by atoms with Gasteiger partial charge in [-0.15, -0.1) is 5.10 Å². The molecule has 1 aliphatic rings. The number of hydrogen-bond donors (Lipinski definition) is 1. The van der Waals surface area contributed by atoms with Gasteiger partial charge in [0, 0.05) is 24.5 Å². The van der Waals surface area contributed by atoms with Crippen LogP contribution in [0.4, 0.5) is 5.13 Å². The highest BCUT2D eigenvalue weighted by molar-refractivity contribution is 7.20. The molecule has 1 saturated heterocycles. The summed E-state index contributed by atoms with van der Waals surface area (Å²) in [5.74, 6) is -0.290. The first-order valence-electron chi connectivity index (χ1n) is 7.05. The Kier molecular flexibility index (Phi) is 3.04. The molecule has 4 heterocycles. The van der Waals surface area contributed by atoms with Gasteiger partial charge in [0.25, 0.3) is 0 Å². The lowest BCUT2D eigenvalue weighted by molar-refractivity contribution is -0.119. The van der Waals surface area contributed by atoms with Crippen LogP contribution < -0.4 is 10.6 Å². The van der Waals surface area contributed by atoms with Crippen molar-refractivity contribution in [2.75, 3.05) is 11.4 Å². The van der Waals surface area contributed by atoms with E-state index < -0.39 is 0 Å². The van der Waals surface area contributed by atoms with E-state index in [2.05, 4.69) is 15.1 Å². The van der Waals surface area contributed by atoms with Crippen LogP contribution in [0, 0.1) is 0 Å². The van der Waals surface area contributed by atoms with E-state index in [9.17, 15) is 4.79 Å². The van der Waals surface area contributed by atoms with Crippen molar-refractivity contribution in [3.05, 3.63) is 30.7 Å². The Labute approximate surface area is 130 Å². The van der Waals surface area contributed by atoms with E-state index in [0.29, 0.717) is 0 Å². The molecule has 1 fully saturated rings. The van der Waals surface area contributed by atoms with E-state index in [4.69, 9.17) is 5.73 Å². The second-order valence-electron chi connectivity index (χ2n) is 5.23. The molecule has 2 N–H and O–H groups in total. The predicted molar refractivity (Wildman–Crippen MR) is 83.7 cm³/mol. The summed E-state index contributed by atoms with van der Waals surface area (Å²) in [5.41, 5.74) is 7.26. The van der Waals surface area contributed by atoms with Crippen LogP contribution in [0.25, 0.3) is 16.2 Å². The van der Waals surface area contributed by atoms with Crippen molar-refractivity contribution in [1.82, 2.24) is 19.6 Å². The molecular weight excluding hydrogens is 300 g/mol. The molecule has 0 bridgehead atoms. The zero-order valence-electron chi connectivity index (χ0n) is 11.7. The maximum absolute atomic E-state index is 11.5. The summed E-state index contributed by atoms with van der Waals surface area (Å²) >= 11 is 1.47. The molecule has 7 nitrogen and oxygen atoms in total. The number of primary amides is 1. The second-order valence-corrected chi connectivity index (χ2v) is 6.17. The number of anilines is 1. The molecule has 1 amide bonds. The number of aromatic nitrogens is 4. The Morgan fingerprint density at radius 3 is 3.09 bits per heavy atom. The van der Waals surface area contributed by atoms with Gasteiger partial charge < -0.3 is 10.6 Å². The Balaban J connectivity index is 1.68. The Hall–Kier alpha value is -2.48. The Bertz CT molecular complexity index is 795. The van der Waals surface area contributed by atoms with Gasteiger partial charge in [0.1, 0.15) is 6.04 Å². The monoisotopic (exact) mass is 314 g/mol. The molecule has 1 atom stereocenters. The molecule has 22 heavy (non-hydrogen) atoms. The molecule has 4 rings (SSSR count). The maximum atomic E-state index is 11.5. The van der Waals surface area contributed by atoms with Gasteiger partial charge in [0.05, 0.1) is 11.9 Å². The summed E-state index contributed by atoms with van der Waals surface area (Å²) in [7, 11) is 0. The van der Waals surface area contributed by atoms with Crippen molar-refractivity contribution in [1.29, 1.82) is 0 Å². The predicted octanol–water partition coefficient (Wildman–Crippen LogP) is 1.31. The highest BCUT2D eigenvalue weighted by atomic mass is 32.1. The van der Waals surface area contributed by atoms with Crippen molar-refractivity contribution in [3.63, 3.8) is 0 Å². The average Bonchev–Trinajstić information content (AvgIpc) is 3.21. The SMILES string of the molecule is NC(=O)C1CCCN1c1nn2cc(-c3cccnc3)nc2s1. The zero-order valence-corrected chi connectivity index (χ0v) is 12.5. The molecule has 3 aromatic heterocycles. The number of pyridine rings is 1. The summed E-state index contributed by atoms with van der Waals surface area (Å²) < 4.78 is 1.75. The first-order valence-corrected chi connectivity index (χ1v) is 7.86. The van der Waals surface area contributed by atoms with Gasteiger partial charge in [0.15, 0.2) is 0 Å². The molecule has 112 valence electrons. The number of nitrogens with two attached hydrogens (primary N) is 1. The molecule has 0 radical (unpaired) electrons. The topological polar surface area (TPSA) is 89.4 Å². The van der Waals surface area contributed by atoms with Gasteiger partial charge in [-0.1, -0.05) is 11.3 Å². The summed E-state index contributed by atoms with van der Waals surface area (Å²) in [6.45, 7) is 0.805. The third-order valence-corrected chi connectivity index (χ3v) is 4.78. The van der Waals surface area contributed by atoms with Crippen molar-refractivity contribution in [3.8, 4) is 11.3 Å². The Morgan fingerprint density at radius 2 is 2.36 bits per heavy atom. The normalized spacial score (nSPS) is 18.2. The Morgan fingerprint density at radius 1 is 1.45 bits per heavy atom. The third kappa shape index (κ3) is 2.12. The third-order valence-electron chi connectivity index (χ3n) is 3.82. The van der Waals surface area contributed by atoms with E-state index in [0.717, 1.165) is 40.7 Å². The van der Waals surface area contributed by atoms with Crippen molar-refractivity contribution in [2.45, 2.75) is 18.9 Å². The largest absolute Gasteiger partial charge is 0.368 e. The molecule has 8 heteroatoms. The number of rotatable bonds is 3. The quantitative estimate of drug-likeness (QED) is 0.787. The lowest BCUT2D eigenvalue weighted by atomic mass is 10.2. The molecule has 3 aromatic rings. The van der Waals surface area contributed by atoms with E-state index in [-0.39, 0.29) is 11.9 Å². The number of carbonyl (C=O) groups is 1. The molecule has 0 aliphatic carbocycles. The fourth-order valence-electron chi connectivity index (χ4n) is 2.75. The van der Waals surface area contributed by atoms with Crippen LogP contribution in [-0.2, 0) is 4.79 Å². The smallest absolute Gasteiger partial charge is 0.240 e. The van der Waals surface area contributed by atoms with Gasteiger partial charge in [-0.2, -0.15) is 0 Å². The van der Waals surface area contributed by atoms with Gasteiger partial charge in [-0.25, -0.2) is 9.50 Å². The van der Waals surface area contributed by atoms with E-state index in [1.165, 1.54) is 11.3 Å². The highest BCUT2D eigenvalue weighted by Gasteiger charge is 2.31. The number of imidazole rings is 1. The minimum atomic E-state index is -0.290. The highest BCUT2D eigenvalue weighted by Crippen LogP contribution is 2.31. The van der Waals surface area contributed by atoms with Crippen LogP contribution in [0.5, 0.6) is 0 Å². The fourth-order valence-corrected chi connectivity index (χ4v) is 3.71. The van der Waals surface area contributed by atoms with E-state index in [1.54, 1.807) is 16.9 Å².